The Hall–Kier alpha value is -1.06. The van der Waals surface area contributed by atoms with Crippen LogP contribution in [0.25, 0.3) is 0 Å². The smallest absolute Gasteiger partial charge is 0.119 e. The third kappa shape index (κ3) is 3.24. The molecular formula is C15H23NO2. The van der Waals surface area contributed by atoms with Crippen molar-refractivity contribution in [1.29, 1.82) is 0 Å². The van der Waals surface area contributed by atoms with Crippen LogP contribution in [0.1, 0.15) is 31.2 Å². The van der Waals surface area contributed by atoms with Gasteiger partial charge in [0.2, 0.25) is 0 Å². The molecule has 0 radical (unpaired) electrons. The van der Waals surface area contributed by atoms with Gasteiger partial charge in [0.15, 0.2) is 0 Å². The quantitative estimate of drug-likeness (QED) is 0.840. The lowest BCUT2D eigenvalue weighted by Crippen LogP contribution is -2.32. The van der Waals surface area contributed by atoms with E-state index in [4.69, 9.17) is 4.74 Å². The normalized spacial score (nSPS) is 18.6. The standard InChI is InChI=1S/C15H23NO2/c1-2-18-14-5-3-12(4-6-14)15(11-17)13-7-9-16-10-8-13/h3-6,13,15-17H,2,7-11H2,1H3. The minimum atomic E-state index is 0.235. The molecule has 0 bridgehead atoms. The molecule has 3 nitrogen and oxygen atoms in total. The highest BCUT2D eigenvalue weighted by Gasteiger charge is 2.24. The summed E-state index contributed by atoms with van der Waals surface area (Å²) in [7, 11) is 0. The highest BCUT2D eigenvalue weighted by Crippen LogP contribution is 2.31. The van der Waals surface area contributed by atoms with E-state index < -0.39 is 0 Å². The predicted octanol–water partition coefficient (Wildman–Crippen LogP) is 2.16. The van der Waals surface area contributed by atoms with Gasteiger partial charge in [0.05, 0.1) is 13.2 Å². The SMILES string of the molecule is CCOc1ccc(C(CO)C2CCNCC2)cc1. The van der Waals surface area contributed by atoms with E-state index in [9.17, 15) is 5.11 Å². The molecule has 100 valence electrons. The molecule has 1 aliphatic rings. The molecular weight excluding hydrogens is 226 g/mol. The van der Waals surface area contributed by atoms with Crippen LogP contribution in [0.5, 0.6) is 5.75 Å². The summed E-state index contributed by atoms with van der Waals surface area (Å²) in [6, 6.07) is 8.19. The van der Waals surface area contributed by atoms with Crippen LogP contribution in [0.2, 0.25) is 0 Å². The van der Waals surface area contributed by atoms with Gasteiger partial charge in [0.1, 0.15) is 5.75 Å². The molecule has 0 aromatic heterocycles. The van der Waals surface area contributed by atoms with Crippen LogP contribution in [0.3, 0.4) is 0 Å². The minimum absolute atomic E-state index is 0.235. The number of ether oxygens (including phenoxy) is 1. The number of rotatable bonds is 5. The van der Waals surface area contributed by atoms with Crippen molar-refractivity contribution in [2.75, 3.05) is 26.3 Å². The molecule has 1 fully saturated rings. The van der Waals surface area contributed by atoms with Gasteiger partial charge in [0.25, 0.3) is 0 Å². The molecule has 2 rings (SSSR count). The van der Waals surface area contributed by atoms with E-state index in [2.05, 4.69) is 17.4 Å². The maximum absolute atomic E-state index is 9.65. The molecule has 1 atom stereocenters. The van der Waals surface area contributed by atoms with Gasteiger partial charge >= 0.3 is 0 Å². The zero-order valence-corrected chi connectivity index (χ0v) is 11.1. The Kier molecular flexibility index (Phi) is 5.02. The second kappa shape index (κ2) is 6.76. The highest BCUT2D eigenvalue weighted by atomic mass is 16.5. The van der Waals surface area contributed by atoms with Crippen molar-refractivity contribution >= 4 is 0 Å². The third-order valence-corrected chi connectivity index (χ3v) is 3.77. The van der Waals surface area contributed by atoms with Crippen molar-refractivity contribution in [2.45, 2.75) is 25.7 Å². The van der Waals surface area contributed by atoms with Crippen LogP contribution in [-0.2, 0) is 0 Å². The van der Waals surface area contributed by atoms with Crippen molar-refractivity contribution < 1.29 is 9.84 Å². The second-order valence-electron chi connectivity index (χ2n) is 4.88. The molecule has 2 N–H and O–H groups in total. The van der Waals surface area contributed by atoms with Crippen LogP contribution in [0, 0.1) is 5.92 Å². The van der Waals surface area contributed by atoms with Crippen LogP contribution in [-0.4, -0.2) is 31.4 Å². The van der Waals surface area contributed by atoms with Gasteiger partial charge in [-0.05, 0) is 56.5 Å². The lowest BCUT2D eigenvalue weighted by Gasteiger charge is -2.30. The first-order valence-corrected chi connectivity index (χ1v) is 6.89. The summed E-state index contributed by atoms with van der Waals surface area (Å²) < 4.78 is 5.45. The third-order valence-electron chi connectivity index (χ3n) is 3.77. The Labute approximate surface area is 109 Å². The molecule has 0 aliphatic carbocycles. The van der Waals surface area contributed by atoms with Crippen molar-refractivity contribution in [3.05, 3.63) is 29.8 Å². The molecule has 1 saturated heterocycles. The summed E-state index contributed by atoms with van der Waals surface area (Å²) in [4.78, 5) is 0. The Morgan fingerprint density at radius 2 is 1.94 bits per heavy atom. The largest absolute Gasteiger partial charge is 0.494 e. The molecule has 1 aromatic carbocycles. The Balaban J connectivity index is 2.06. The van der Waals surface area contributed by atoms with E-state index in [1.165, 1.54) is 5.56 Å². The molecule has 1 aliphatic heterocycles. The predicted molar refractivity (Wildman–Crippen MR) is 73.0 cm³/mol. The first kappa shape index (κ1) is 13.4. The van der Waals surface area contributed by atoms with Crippen molar-refractivity contribution in [2.24, 2.45) is 5.92 Å². The van der Waals surface area contributed by atoms with Crippen molar-refractivity contribution in [1.82, 2.24) is 5.32 Å². The van der Waals surface area contributed by atoms with Crippen LogP contribution >= 0.6 is 0 Å². The van der Waals surface area contributed by atoms with E-state index in [1.54, 1.807) is 0 Å². The fraction of sp³-hybridized carbons (Fsp3) is 0.600. The summed E-state index contributed by atoms with van der Waals surface area (Å²) in [5.74, 6) is 1.76. The topological polar surface area (TPSA) is 41.5 Å². The summed E-state index contributed by atoms with van der Waals surface area (Å²) in [5.41, 5.74) is 1.23. The van der Waals surface area contributed by atoms with E-state index in [1.807, 2.05) is 19.1 Å². The fourth-order valence-corrected chi connectivity index (χ4v) is 2.75. The molecule has 18 heavy (non-hydrogen) atoms. The number of hydrogen-bond donors (Lipinski definition) is 2. The molecule has 0 amide bonds. The maximum atomic E-state index is 9.65. The van der Waals surface area contributed by atoms with Crippen LogP contribution < -0.4 is 10.1 Å². The van der Waals surface area contributed by atoms with Gasteiger partial charge in [-0.15, -0.1) is 0 Å². The van der Waals surface area contributed by atoms with Crippen molar-refractivity contribution in [3.8, 4) is 5.75 Å². The Bertz CT molecular complexity index is 344. The van der Waals surface area contributed by atoms with Gasteiger partial charge in [-0.3, -0.25) is 0 Å². The van der Waals surface area contributed by atoms with E-state index >= 15 is 0 Å². The number of aliphatic hydroxyl groups excluding tert-OH is 1. The summed E-state index contributed by atoms with van der Waals surface area (Å²) >= 11 is 0. The molecule has 1 aromatic rings. The Morgan fingerprint density at radius 3 is 2.50 bits per heavy atom. The molecule has 3 heteroatoms. The second-order valence-corrected chi connectivity index (χ2v) is 4.88. The molecule has 1 unspecified atom stereocenters. The van der Waals surface area contributed by atoms with Crippen LogP contribution in [0.4, 0.5) is 0 Å². The monoisotopic (exact) mass is 249 g/mol. The van der Waals surface area contributed by atoms with E-state index in [-0.39, 0.29) is 12.5 Å². The zero-order chi connectivity index (χ0) is 12.8. The van der Waals surface area contributed by atoms with E-state index in [0.29, 0.717) is 12.5 Å². The number of piperidine rings is 1. The average molecular weight is 249 g/mol. The summed E-state index contributed by atoms with van der Waals surface area (Å²) in [5, 5.41) is 13.0. The van der Waals surface area contributed by atoms with Gasteiger partial charge in [0, 0.05) is 5.92 Å². The maximum Gasteiger partial charge on any atom is 0.119 e. The first-order chi connectivity index (χ1) is 8.85. The first-order valence-electron chi connectivity index (χ1n) is 6.89. The average Bonchev–Trinajstić information content (AvgIpc) is 2.43. The molecule has 0 saturated carbocycles. The van der Waals surface area contributed by atoms with Gasteiger partial charge in [-0.2, -0.15) is 0 Å². The number of benzene rings is 1. The fourth-order valence-electron chi connectivity index (χ4n) is 2.75. The highest BCUT2D eigenvalue weighted by molar-refractivity contribution is 5.30. The number of hydrogen-bond acceptors (Lipinski definition) is 3. The van der Waals surface area contributed by atoms with Crippen LogP contribution in [0.15, 0.2) is 24.3 Å². The Morgan fingerprint density at radius 1 is 1.28 bits per heavy atom. The minimum Gasteiger partial charge on any atom is -0.494 e. The van der Waals surface area contributed by atoms with Gasteiger partial charge in [-0.25, -0.2) is 0 Å². The summed E-state index contributed by atoms with van der Waals surface area (Å²) in [6.07, 6.45) is 2.30. The van der Waals surface area contributed by atoms with Gasteiger partial charge < -0.3 is 15.2 Å². The van der Waals surface area contributed by atoms with Crippen molar-refractivity contribution in [3.63, 3.8) is 0 Å². The summed E-state index contributed by atoms with van der Waals surface area (Å²) in [6.45, 7) is 5.05. The number of aliphatic hydroxyl groups is 1. The van der Waals surface area contributed by atoms with E-state index in [0.717, 1.165) is 31.7 Å². The van der Waals surface area contributed by atoms with Gasteiger partial charge in [-0.1, -0.05) is 12.1 Å². The molecule has 0 spiro atoms. The lowest BCUT2D eigenvalue weighted by atomic mass is 9.81. The molecule has 1 heterocycles. The lowest BCUT2D eigenvalue weighted by molar-refractivity contribution is 0.201. The number of nitrogens with one attached hydrogen (secondary N) is 1. The zero-order valence-electron chi connectivity index (χ0n) is 11.1.